The van der Waals surface area contributed by atoms with Crippen molar-refractivity contribution in [3.05, 3.63) is 35.1 Å². The lowest BCUT2D eigenvalue weighted by Crippen LogP contribution is -2.00. The topological polar surface area (TPSA) is 43.4 Å². The van der Waals surface area contributed by atoms with Gasteiger partial charge in [0.05, 0.1) is 18.2 Å². The number of hydrogen-bond acceptors (Lipinski definition) is 3. The Bertz CT molecular complexity index is 495. The van der Waals surface area contributed by atoms with E-state index >= 15 is 0 Å². The van der Waals surface area contributed by atoms with Crippen molar-refractivity contribution in [2.24, 2.45) is 0 Å². The van der Waals surface area contributed by atoms with Crippen molar-refractivity contribution in [1.82, 2.24) is 0 Å². The summed E-state index contributed by atoms with van der Waals surface area (Å²) in [5.41, 5.74) is -0.0465. The highest BCUT2D eigenvalue weighted by Gasteiger charge is 2.09. The largest absolute Gasteiger partial charge is 0.459 e. The molecule has 0 amide bonds. The van der Waals surface area contributed by atoms with E-state index in [-0.39, 0.29) is 16.9 Å². The van der Waals surface area contributed by atoms with Crippen LogP contribution in [0, 0.1) is 17.7 Å². The second-order valence-corrected chi connectivity index (χ2v) is 2.96. The number of rotatable bonds is 1. The fraction of sp³-hybridized carbons (Fsp3) is 0.167. The molecule has 82 valence electrons. The number of carbonyl (C=O) groups excluding carboxylic acids is 2. The Labute approximate surface area is 92.2 Å². The maximum absolute atomic E-state index is 13.6. The van der Waals surface area contributed by atoms with Gasteiger partial charge in [-0.05, 0) is 19.1 Å². The Balaban J connectivity index is 3.15. The highest BCUT2D eigenvalue weighted by molar-refractivity contribution is 5.95. The van der Waals surface area contributed by atoms with Crippen molar-refractivity contribution < 1.29 is 18.7 Å². The van der Waals surface area contributed by atoms with E-state index in [4.69, 9.17) is 0 Å². The SMILES string of the molecule is COC(=O)C#Cc1cccc(C(C)=O)c1F. The molecule has 1 rings (SSSR count). The summed E-state index contributed by atoms with van der Waals surface area (Å²) < 4.78 is 17.9. The van der Waals surface area contributed by atoms with Crippen LogP contribution in [0.15, 0.2) is 18.2 Å². The molecule has 0 aliphatic carbocycles. The van der Waals surface area contributed by atoms with Gasteiger partial charge in [0.15, 0.2) is 5.78 Å². The normalized spacial score (nSPS) is 8.94. The number of ether oxygens (including phenoxy) is 1. The summed E-state index contributed by atoms with van der Waals surface area (Å²) >= 11 is 0. The molecule has 0 aliphatic rings. The molecule has 0 saturated carbocycles. The van der Waals surface area contributed by atoms with Crippen LogP contribution in [0.5, 0.6) is 0 Å². The minimum atomic E-state index is -0.757. The Morgan fingerprint density at radius 2 is 2.06 bits per heavy atom. The zero-order chi connectivity index (χ0) is 12.1. The van der Waals surface area contributed by atoms with Gasteiger partial charge in [0.2, 0.25) is 0 Å². The van der Waals surface area contributed by atoms with Crippen LogP contribution in [0.1, 0.15) is 22.8 Å². The van der Waals surface area contributed by atoms with Crippen molar-refractivity contribution in [3.8, 4) is 11.8 Å². The highest BCUT2D eigenvalue weighted by atomic mass is 19.1. The predicted octanol–water partition coefficient (Wildman–Crippen LogP) is 1.55. The van der Waals surface area contributed by atoms with Crippen LogP contribution in [0.3, 0.4) is 0 Å². The van der Waals surface area contributed by atoms with E-state index in [0.29, 0.717) is 0 Å². The lowest BCUT2D eigenvalue weighted by molar-refractivity contribution is -0.133. The van der Waals surface area contributed by atoms with E-state index in [2.05, 4.69) is 16.6 Å². The Morgan fingerprint density at radius 1 is 1.38 bits per heavy atom. The van der Waals surface area contributed by atoms with Gasteiger partial charge in [0.1, 0.15) is 5.82 Å². The number of halogens is 1. The maximum Gasteiger partial charge on any atom is 0.384 e. The van der Waals surface area contributed by atoms with E-state index in [1.807, 2.05) is 0 Å². The van der Waals surface area contributed by atoms with Gasteiger partial charge in [-0.25, -0.2) is 9.18 Å². The number of ketones is 1. The Morgan fingerprint density at radius 3 is 2.62 bits per heavy atom. The molecular formula is C12H9FO3. The zero-order valence-electron chi connectivity index (χ0n) is 8.83. The molecule has 0 atom stereocenters. The number of carbonyl (C=O) groups is 2. The summed E-state index contributed by atoms with van der Waals surface area (Å²) in [7, 11) is 1.18. The Kier molecular flexibility index (Phi) is 3.78. The molecule has 0 spiro atoms. The number of methoxy groups -OCH3 is 1. The van der Waals surface area contributed by atoms with Crippen LogP contribution >= 0.6 is 0 Å². The zero-order valence-corrected chi connectivity index (χ0v) is 8.83. The summed E-state index contributed by atoms with van der Waals surface area (Å²) in [5.74, 6) is 2.54. The average Bonchev–Trinajstić information content (AvgIpc) is 2.26. The molecular weight excluding hydrogens is 211 g/mol. The molecule has 3 nitrogen and oxygen atoms in total. The molecule has 0 unspecified atom stereocenters. The van der Waals surface area contributed by atoms with E-state index in [0.717, 1.165) is 0 Å². The van der Waals surface area contributed by atoms with Crippen LogP contribution in [0.25, 0.3) is 0 Å². The fourth-order valence-corrected chi connectivity index (χ4v) is 1.07. The van der Waals surface area contributed by atoms with E-state index < -0.39 is 11.8 Å². The molecule has 0 bridgehead atoms. The smallest absolute Gasteiger partial charge is 0.384 e. The number of esters is 1. The van der Waals surface area contributed by atoms with Crippen molar-refractivity contribution in [2.45, 2.75) is 6.92 Å². The van der Waals surface area contributed by atoms with Gasteiger partial charge in [0.25, 0.3) is 0 Å². The standard InChI is InChI=1S/C12H9FO3/c1-8(14)10-5-3-4-9(12(10)13)6-7-11(15)16-2/h3-5H,1-2H3. The number of hydrogen-bond donors (Lipinski definition) is 0. The number of Topliss-reactive ketones (excluding diaryl/α,β-unsaturated/α-hetero) is 1. The van der Waals surface area contributed by atoms with E-state index in [1.54, 1.807) is 0 Å². The van der Waals surface area contributed by atoms with Crippen LogP contribution < -0.4 is 0 Å². The first-order valence-corrected chi connectivity index (χ1v) is 4.45. The first-order chi connectivity index (χ1) is 7.56. The third-order valence-corrected chi connectivity index (χ3v) is 1.86. The molecule has 0 aliphatic heterocycles. The summed E-state index contributed by atoms with van der Waals surface area (Å²) in [6.45, 7) is 1.26. The molecule has 1 aromatic rings. The first-order valence-electron chi connectivity index (χ1n) is 4.45. The Hall–Kier alpha value is -2.15. The highest BCUT2D eigenvalue weighted by Crippen LogP contribution is 2.12. The van der Waals surface area contributed by atoms with Gasteiger partial charge in [-0.3, -0.25) is 4.79 Å². The van der Waals surface area contributed by atoms with E-state index in [9.17, 15) is 14.0 Å². The van der Waals surface area contributed by atoms with Gasteiger partial charge in [-0.1, -0.05) is 12.0 Å². The van der Waals surface area contributed by atoms with Crippen molar-refractivity contribution >= 4 is 11.8 Å². The predicted molar refractivity (Wildman–Crippen MR) is 55.3 cm³/mol. The minimum absolute atomic E-state index is 0.00176. The molecule has 4 heteroatoms. The molecule has 0 saturated heterocycles. The molecule has 0 fully saturated rings. The fourth-order valence-electron chi connectivity index (χ4n) is 1.07. The second kappa shape index (κ2) is 5.08. The molecule has 16 heavy (non-hydrogen) atoms. The van der Waals surface area contributed by atoms with Gasteiger partial charge < -0.3 is 4.74 Å². The third kappa shape index (κ3) is 2.67. The molecule has 1 aromatic carbocycles. The summed E-state index contributed by atoms with van der Waals surface area (Å²) in [6.07, 6.45) is 0. The minimum Gasteiger partial charge on any atom is -0.459 e. The van der Waals surface area contributed by atoms with Crippen LogP contribution in [-0.4, -0.2) is 18.9 Å². The van der Waals surface area contributed by atoms with Gasteiger partial charge in [-0.2, -0.15) is 0 Å². The average molecular weight is 220 g/mol. The van der Waals surface area contributed by atoms with Crippen LogP contribution in [0.4, 0.5) is 4.39 Å². The molecule has 0 radical (unpaired) electrons. The third-order valence-electron chi connectivity index (χ3n) is 1.86. The second-order valence-electron chi connectivity index (χ2n) is 2.96. The van der Waals surface area contributed by atoms with Gasteiger partial charge >= 0.3 is 5.97 Å². The van der Waals surface area contributed by atoms with Gasteiger partial charge in [0, 0.05) is 5.92 Å². The van der Waals surface area contributed by atoms with Crippen LogP contribution in [0.2, 0.25) is 0 Å². The molecule has 0 N–H and O–H groups in total. The van der Waals surface area contributed by atoms with Crippen molar-refractivity contribution in [1.29, 1.82) is 0 Å². The van der Waals surface area contributed by atoms with Crippen molar-refractivity contribution in [2.75, 3.05) is 7.11 Å². The number of benzene rings is 1. The van der Waals surface area contributed by atoms with Gasteiger partial charge in [-0.15, -0.1) is 0 Å². The van der Waals surface area contributed by atoms with Crippen LogP contribution in [-0.2, 0) is 9.53 Å². The monoisotopic (exact) mass is 220 g/mol. The quantitative estimate of drug-likeness (QED) is 0.409. The molecule has 0 heterocycles. The van der Waals surface area contributed by atoms with E-state index in [1.165, 1.54) is 32.2 Å². The maximum atomic E-state index is 13.6. The summed E-state index contributed by atoms with van der Waals surface area (Å²) in [5, 5.41) is 0. The lowest BCUT2D eigenvalue weighted by atomic mass is 10.1. The lowest BCUT2D eigenvalue weighted by Gasteiger charge is -1.99. The first kappa shape index (κ1) is 11.9. The summed E-state index contributed by atoms with van der Waals surface area (Å²) in [4.78, 5) is 21.8. The van der Waals surface area contributed by atoms with Crippen molar-refractivity contribution in [3.63, 3.8) is 0 Å². The summed E-state index contributed by atoms with van der Waals surface area (Å²) in [6, 6.07) is 4.25. The molecule has 0 aromatic heterocycles.